The maximum atomic E-state index is 5.57. The van der Waals surface area contributed by atoms with Crippen molar-refractivity contribution in [2.75, 3.05) is 39.2 Å². The number of guanidine groups is 1. The second kappa shape index (κ2) is 12.6. The van der Waals surface area contributed by atoms with Gasteiger partial charge in [-0.1, -0.05) is 6.07 Å². The van der Waals surface area contributed by atoms with E-state index in [1.807, 2.05) is 12.1 Å². The lowest BCUT2D eigenvalue weighted by atomic mass is 10.1. The maximum absolute atomic E-state index is 5.57. The number of benzene rings is 1. The molecule has 2 rings (SSSR count). The van der Waals surface area contributed by atoms with Crippen LogP contribution in [0.5, 0.6) is 0 Å². The van der Waals surface area contributed by atoms with Crippen LogP contribution in [0.3, 0.4) is 0 Å². The van der Waals surface area contributed by atoms with Crippen molar-refractivity contribution in [3.63, 3.8) is 0 Å². The van der Waals surface area contributed by atoms with Gasteiger partial charge < -0.3 is 24.7 Å². The van der Waals surface area contributed by atoms with Gasteiger partial charge in [0.05, 0.1) is 6.26 Å². The zero-order valence-corrected chi connectivity index (χ0v) is 18.9. The number of nitrogens with zero attached hydrogens (tertiary/aromatic N) is 2. The third-order valence-corrected chi connectivity index (χ3v) is 4.09. The van der Waals surface area contributed by atoms with Crippen molar-refractivity contribution in [3.05, 3.63) is 53.5 Å². The van der Waals surface area contributed by atoms with Crippen LogP contribution < -0.4 is 15.5 Å². The number of halogens is 1. The Morgan fingerprint density at radius 2 is 2.04 bits per heavy atom. The maximum Gasteiger partial charge on any atom is 0.191 e. The first-order valence-electron chi connectivity index (χ1n) is 8.91. The van der Waals surface area contributed by atoms with E-state index in [0.29, 0.717) is 13.2 Å². The minimum Gasteiger partial charge on any atom is -0.467 e. The molecule has 0 saturated carbocycles. The summed E-state index contributed by atoms with van der Waals surface area (Å²) < 4.78 is 10.8. The van der Waals surface area contributed by atoms with Gasteiger partial charge in [0, 0.05) is 46.5 Å². The van der Waals surface area contributed by atoms with Gasteiger partial charge in [-0.25, -0.2) is 0 Å². The molecule has 1 aromatic heterocycles. The molecule has 0 bridgehead atoms. The van der Waals surface area contributed by atoms with Crippen molar-refractivity contribution in [2.24, 2.45) is 4.99 Å². The van der Waals surface area contributed by atoms with Crippen molar-refractivity contribution in [3.8, 4) is 0 Å². The van der Waals surface area contributed by atoms with E-state index in [0.717, 1.165) is 31.2 Å². The molecule has 0 aliphatic heterocycles. The number of rotatable bonds is 9. The molecule has 1 aromatic carbocycles. The third kappa shape index (κ3) is 8.21. The lowest BCUT2D eigenvalue weighted by molar-refractivity contribution is 0.105. The van der Waals surface area contributed by atoms with Crippen molar-refractivity contribution in [2.45, 2.75) is 26.5 Å². The summed E-state index contributed by atoms with van der Waals surface area (Å²) in [6.45, 7) is 4.87. The van der Waals surface area contributed by atoms with Gasteiger partial charge in [-0.2, -0.15) is 0 Å². The molecule has 0 amide bonds. The predicted molar refractivity (Wildman–Crippen MR) is 122 cm³/mol. The van der Waals surface area contributed by atoms with Gasteiger partial charge in [-0.3, -0.25) is 4.99 Å². The predicted octanol–water partition coefficient (Wildman–Crippen LogP) is 3.54. The molecule has 27 heavy (non-hydrogen) atoms. The molecule has 6 nitrogen and oxygen atoms in total. The second-order valence-corrected chi connectivity index (χ2v) is 6.34. The summed E-state index contributed by atoms with van der Waals surface area (Å²) in [7, 11) is 5.89. The molecular weight excluding hydrogens is 455 g/mol. The SMILES string of the molecule is CN=C(NCCCOCc1ccco1)NCc1ccc(N(C)C)cc1C.I. The van der Waals surface area contributed by atoms with Crippen LogP contribution in [0.15, 0.2) is 46.0 Å². The quantitative estimate of drug-likeness (QED) is 0.246. The lowest BCUT2D eigenvalue weighted by Gasteiger charge is -2.16. The molecule has 0 fully saturated rings. The first-order chi connectivity index (χ1) is 12.6. The number of furan rings is 1. The number of aliphatic imine (C=N–C) groups is 1. The largest absolute Gasteiger partial charge is 0.467 e. The standard InChI is InChI=1S/C20H30N4O2.HI/c1-16-13-18(24(3)4)9-8-17(16)14-23-20(21-2)22-10-6-11-25-15-19-7-5-12-26-19;/h5,7-9,12-13H,6,10-11,14-15H2,1-4H3,(H2,21,22,23);1H. The topological polar surface area (TPSA) is 62.0 Å². The summed E-state index contributed by atoms with van der Waals surface area (Å²) in [6.07, 6.45) is 2.56. The molecule has 2 N–H and O–H groups in total. The molecule has 2 aromatic rings. The molecule has 0 saturated heterocycles. The molecule has 0 atom stereocenters. The zero-order chi connectivity index (χ0) is 18.8. The van der Waals surface area contributed by atoms with Crippen LogP contribution in [0.2, 0.25) is 0 Å². The Morgan fingerprint density at radius 3 is 2.67 bits per heavy atom. The number of ether oxygens (including phenoxy) is 1. The highest BCUT2D eigenvalue weighted by Crippen LogP contribution is 2.17. The Morgan fingerprint density at radius 1 is 1.22 bits per heavy atom. The molecule has 0 spiro atoms. The Labute approximate surface area is 179 Å². The van der Waals surface area contributed by atoms with Gasteiger partial charge in [0.15, 0.2) is 5.96 Å². The number of hydrogen-bond acceptors (Lipinski definition) is 4. The van der Waals surface area contributed by atoms with E-state index in [1.54, 1.807) is 13.3 Å². The molecule has 150 valence electrons. The van der Waals surface area contributed by atoms with Crippen molar-refractivity contribution >= 4 is 35.6 Å². The number of hydrogen-bond donors (Lipinski definition) is 2. The summed E-state index contributed by atoms with van der Waals surface area (Å²) >= 11 is 0. The van der Waals surface area contributed by atoms with Crippen LogP contribution in [0, 0.1) is 6.92 Å². The van der Waals surface area contributed by atoms with Gasteiger partial charge in [-0.05, 0) is 48.7 Å². The van der Waals surface area contributed by atoms with E-state index in [-0.39, 0.29) is 24.0 Å². The van der Waals surface area contributed by atoms with Crippen LogP contribution in [0.1, 0.15) is 23.3 Å². The molecule has 0 aliphatic carbocycles. The monoisotopic (exact) mass is 486 g/mol. The average molecular weight is 486 g/mol. The zero-order valence-electron chi connectivity index (χ0n) is 16.6. The summed E-state index contributed by atoms with van der Waals surface area (Å²) in [5.41, 5.74) is 3.74. The van der Waals surface area contributed by atoms with Crippen LogP contribution in [-0.4, -0.2) is 40.3 Å². The van der Waals surface area contributed by atoms with Gasteiger partial charge in [0.2, 0.25) is 0 Å². The molecule has 0 unspecified atom stereocenters. The van der Waals surface area contributed by atoms with E-state index in [2.05, 4.69) is 59.7 Å². The lowest BCUT2D eigenvalue weighted by Crippen LogP contribution is -2.37. The number of aryl methyl sites for hydroxylation is 1. The van der Waals surface area contributed by atoms with Crippen LogP contribution in [0.4, 0.5) is 5.69 Å². The molecule has 1 heterocycles. The first kappa shape index (κ1) is 23.3. The molecular formula is C20H31IN4O2. The highest BCUT2D eigenvalue weighted by molar-refractivity contribution is 14.0. The van der Waals surface area contributed by atoms with Crippen LogP contribution >= 0.6 is 24.0 Å². The minimum atomic E-state index is 0. The number of anilines is 1. The third-order valence-electron chi connectivity index (χ3n) is 4.09. The van der Waals surface area contributed by atoms with Crippen LogP contribution in [-0.2, 0) is 17.9 Å². The molecule has 0 aliphatic rings. The summed E-state index contributed by atoms with van der Waals surface area (Å²) in [5, 5.41) is 6.67. The Balaban J connectivity index is 0.00000364. The Bertz CT molecular complexity index is 687. The van der Waals surface area contributed by atoms with Crippen LogP contribution in [0.25, 0.3) is 0 Å². The highest BCUT2D eigenvalue weighted by atomic mass is 127. The van der Waals surface area contributed by atoms with Gasteiger partial charge in [-0.15, -0.1) is 24.0 Å². The first-order valence-corrected chi connectivity index (χ1v) is 8.91. The summed E-state index contributed by atoms with van der Waals surface area (Å²) in [4.78, 5) is 6.38. The fraction of sp³-hybridized carbons (Fsp3) is 0.450. The van der Waals surface area contributed by atoms with E-state index in [4.69, 9.17) is 9.15 Å². The summed E-state index contributed by atoms with van der Waals surface area (Å²) in [5.74, 6) is 1.65. The Hall–Kier alpha value is -1.74. The summed E-state index contributed by atoms with van der Waals surface area (Å²) in [6, 6.07) is 10.3. The van der Waals surface area contributed by atoms with E-state index < -0.39 is 0 Å². The fourth-order valence-electron chi connectivity index (χ4n) is 2.50. The molecule has 7 heteroatoms. The van der Waals surface area contributed by atoms with Gasteiger partial charge in [0.25, 0.3) is 0 Å². The average Bonchev–Trinajstić information content (AvgIpc) is 3.14. The number of nitrogens with one attached hydrogen (secondary N) is 2. The normalized spacial score (nSPS) is 11.0. The van der Waals surface area contributed by atoms with Crippen molar-refractivity contribution < 1.29 is 9.15 Å². The minimum absolute atomic E-state index is 0. The van der Waals surface area contributed by atoms with E-state index in [1.165, 1.54) is 16.8 Å². The van der Waals surface area contributed by atoms with E-state index in [9.17, 15) is 0 Å². The highest BCUT2D eigenvalue weighted by Gasteiger charge is 2.03. The Kier molecular flexibility index (Phi) is 10.9. The smallest absolute Gasteiger partial charge is 0.191 e. The van der Waals surface area contributed by atoms with E-state index >= 15 is 0 Å². The fourth-order valence-corrected chi connectivity index (χ4v) is 2.50. The second-order valence-electron chi connectivity index (χ2n) is 6.34. The van der Waals surface area contributed by atoms with Crippen molar-refractivity contribution in [1.29, 1.82) is 0 Å². The van der Waals surface area contributed by atoms with Gasteiger partial charge in [0.1, 0.15) is 12.4 Å². The van der Waals surface area contributed by atoms with Crippen molar-refractivity contribution in [1.82, 2.24) is 10.6 Å². The molecule has 0 radical (unpaired) electrons. The van der Waals surface area contributed by atoms with Gasteiger partial charge >= 0.3 is 0 Å².